The lowest BCUT2D eigenvalue weighted by atomic mass is 10.4. The maximum atomic E-state index is 12.3. The largest absolute Gasteiger partial charge is 0.398 e. The Morgan fingerprint density at radius 3 is 2.89 bits per heavy atom. The van der Waals surface area contributed by atoms with Gasteiger partial charge in [-0.3, -0.25) is 4.98 Å². The number of nitrogen functional groups attached to an aromatic ring is 1. The second kappa shape index (κ2) is 5.01. The van der Waals surface area contributed by atoms with Crippen molar-refractivity contribution in [3.8, 4) is 0 Å². The lowest BCUT2D eigenvalue weighted by Gasteiger charge is -2.16. The standard InChI is InChI=1S/C10H12N4O2S2/c1-14(5-8-6-17-7-13-8)18(15,16)10-4-12-3-2-9(10)11/h2-4,6-7H,5H2,1H3,(H2,11,12). The van der Waals surface area contributed by atoms with Gasteiger partial charge >= 0.3 is 0 Å². The molecule has 0 amide bonds. The second-order valence-corrected chi connectivity index (χ2v) is 6.39. The lowest BCUT2D eigenvalue weighted by Crippen LogP contribution is -2.27. The van der Waals surface area contributed by atoms with E-state index in [2.05, 4.69) is 9.97 Å². The number of thiazole rings is 1. The van der Waals surface area contributed by atoms with Crippen LogP contribution in [0.3, 0.4) is 0 Å². The molecule has 6 nitrogen and oxygen atoms in total. The Bertz CT molecular complexity index is 625. The van der Waals surface area contributed by atoms with Crippen LogP contribution < -0.4 is 5.73 Å². The van der Waals surface area contributed by atoms with Crippen molar-refractivity contribution in [3.63, 3.8) is 0 Å². The highest BCUT2D eigenvalue weighted by molar-refractivity contribution is 7.89. The van der Waals surface area contributed by atoms with Crippen molar-refractivity contribution in [3.05, 3.63) is 35.0 Å². The quantitative estimate of drug-likeness (QED) is 0.902. The summed E-state index contributed by atoms with van der Waals surface area (Å²) in [6.07, 6.45) is 2.71. The number of hydrogen-bond acceptors (Lipinski definition) is 6. The third kappa shape index (κ3) is 2.50. The highest BCUT2D eigenvalue weighted by atomic mass is 32.2. The fourth-order valence-corrected chi connectivity index (χ4v) is 3.15. The molecule has 2 aromatic rings. The number of anilines is 1. The Balaban J connectivity index is 2.29. The zero-order valence-corrected chi connectivity index (χ0v) is 11.3. The summed E-state index contributed by atoms with van der Waals surface area (Å²) in [5.41, 5.74) is 8.21. The van der Waals surface area contributed by atoms with E-state index in [4.69, 9.17) is 5.73 Å². The summed E-state index contributed by atoms with van der Waals surface area (Å²) in [6.45, 7) is 0.208. The molecule has 0 saturated carbocycles. The van der Waals surface area contributed by atoms with Gasteiger partial charge in [-0.25, -0.2) is 13.4 Å². The molecule has 2 N–H and O–H groups in total. The average Bonchev–Trinajstić information content (AvgIpc) is 2.82. The first-order chi connectivity index (χ1) is 8.51. The highest BCUT2D eigenvalue weighted by Crippen LogP contribution is 2.21. The molecular weight excluding hydrogens is 272 g/mol. The Labute approximate surface area is 109 Å². The number of aromatic nitrogens is 2. The van der Waals surface area contributed by atoms with E-state index in [1.807, 2.05) is 0 Å². The van der Waals surface area contributed by atoms with Gasteiger partial charge in [-0.05, 0) is 6.07 Å². The Hall–Kier alpha value is -1.51. The van der Waals surface area contributed by atoms with Gasteiger partial charge < -0.3 is 5.73 Å². The van der Waals surface area contributed by atoms with Crippen LogP contribution in [0.1, 0.15) is 5.69 Å². The molecule has 0 spiro atoms. The topological polar surface area (TPSA) is 89.2 Å². The fourth-order valence-electron chi connectivity index (χ4n) is 1.40. The van der Waals surface area contributed by atoms with E-state index in [-0.39, 0.29) is 17.1 Å². The summed E-state index contributed by atoms with van der Waals surface area (Å²) in [5, 5.41) is 1.80. The third-order valence-electron chi connectivity index (χ3n) is 2.37. The molecule has 96 valence electrons. The molecule has 0 aliphatic rings. The summed E-state index contributed by atoms with van der Waals surface area (Å²) < 4.78 is 25.7. The Morgan fingerprint density at radius 1 is 1.50 bits per heavy atom. The number of hydrogen-bond donors (Lipinski definition) is 1. The first kappa shape index (κ1) is 12.9. The summed E-state index contributed by atoms with van der Waals surface area (Å²) >= 11 is 1.42. The van der Waals surface area contributed by atoms with Crippen LogP contribution in [0.15, 0.2) is 34.2 Å². The first-order valence-electron chi connectivity index (χ1n) is 5.04. The van der Waals surface area contributed by atoms with Gasteiger partial charge in [0.2, 0.25) is 10.0 Å². The molecule has 0 unspecified atom stereocenters. The van der Waals surface area contributed by atoms with Gasteiger partial charge in [0.15, 0.2) is 0 Å². The van der Waals surface area contributed by atoms with Gasteiger partial charge in [0, 0.05) is 24.8 Å². The number of pyridine rings is 1. The molecule has 0 aliphatic heterocycles. The summed E-state index contributed by atoms with van der Waals surface area (Å²) in [7, 11) is -2.15. The second-order valence-electron chi connectivity index (χ2n) is 3.65. The van der Waals surface area contributed by atoms with E-state index >= 15 is 0 Å². The van der Waals surface area contributed by atoms with Crippen molar-refractivity contribution in [1.82, 2.24) is 14.3 Å². The highest BCUT2D eigenvalue weighted by Gasteiger charge is 2.23. The minimum Gasteiger partial charge on any atom is -0.398 e. The molecule has 0 aromatic carbocycles. The molecule has 0 radical (unpaired) electrons. The average molecular weight is 284 g/mol. The molecule has 2 heterocycles. The summed E-state index contributed by atoms with van der Waals surface area (Å²) in [6, 6.07) is 1.46. The van der Waals surface area contributed by atoms with Gasteiger partial charge in [-0.2, -0.15) is 4.31 Å². The predicted octanol–water partition coefficient (Wildman–Crippen LogP) is 0.941. The summed E-state index contributed by atoms with van der Waals surface area (Å²) in [5.74, 6) is 0. The van der Waals surface area contributed by atoms with E-state index < -0.39 is 10.0 Å². The molecule has 18 heavy (non-hydrogen) atoms. The molecule has 2 aromatic heterocycles. The van der Waals surface area contributed by atoms with E-state index in [0.29, 0.717) is 5.69 Å². The fraction of sp³-hybridized carbons (Fsp3) is 0.200. The third-order valence-corrected chi connectivity index (χ3v) is 4.85. The maximum Gasteiger partial charge on any atom is 0.246 e. The van der Waals surface area contributed by atoms with E-state index in [1.165, 1.54) is 41.1 Å². The lowest BCUT2D eigenvalue weighted by molar-refractivity contribution is 0.463. The van der Waals surface area contributed by atoms with E-state index in [0.717, 1.165) is 0 Å². The zero-order chi connectivity index (χ0) is 13.2. The number of nitrogens with two attached hydrogens (primary N) is 1. The van der Waals surface area contributed by atoms with Gasteiger partial charge in [0.1, 0.15) is 4.90 Å². The van der Waals surface area contributed by atoms with Gasteiger partial charge in [-0.15, -0.1) is 11.3 Å². The molecule has 0 bridgehead atoms. The maximum absolute atomic E-state index is 12.3. The monoisotopic (exact) mass is 284 g/mol. The predicted molar refractivity (Wildman–Crippen MR) is 69.4 cm³/mol. The van der Waals surface area contributed by atoms with Crippen molar-refractivity contribution < 1.29 is 8.42 Å². The van der Waals surface area contributed by atoms with Crippen molar-refractivity contribution in [2.75, 3.05) is 12.8 Å². The van der Waals surface area contributed by atoms with E-state index in [1.54, 1.807) is 10.9 Å². The number of rotatable bonds is 4. The molecule has 2 rings (SSSR count). The molecule has 8 heteroatoms. The molecule has 0 saturated heterocycles. The minimum atomic E-state index is -3.64. The van der Waals surface area contributed by atoms with Crippen LogP contribution in [0.2, 0.25) is 0 Å². The number of nitrogens with zero attached hydrogens (tertiary/aromatic N) is 3. The van der Waals surface area contributed by atoms with Crippen LogP contribution in [0.4, 0.5) is 5.69 Å². The van der Waals surface area contributed by atoms with Crippen molar-refractivity contribution in [2.24, 2.45) is 0 Å². The minimum absolute atomic E-state index is 0.0164. The smallest absolute Gasteiger partial charge is 0.246 e. The molecule has 0 aliphatic carbocycles. The number of sulfonamides is 1. The van der Waals surface area contributed by atoms with Crippen LogP contribution in [-0.4, -0.2) is 29.7 Å². The first-order valence-corrected chi connectivity index (χ1v) is 7.43. The van der Waals surface area contributed by atoms with Crippen molar-refractivity contribution in [1.29, 1.82) is 0 Å². The van der Waals surface area contributed by atoms with Gasteiger partial charge in [-0.1, -0.05) is 0 Å². The van der Waals surface area contributed by atoms with Crippen LogP contribution in [0.5, 0.6) is 0 Å². The molecular formula is C10H12N4O2S2. The normalized spacial score (nSPS) is 11.9. The van der Waals surface area contributed by atoms with Crippen molar-refractivity contribution >= 4 is 27.0 Å². The van der Waals surface area contributed by atoms with Crippen LogP contribution in [-0.2, 0) is 16.6 Å². The zero-order valence-electron chi connectivity index (χ0n) is 9.65. The van der Waals surface area contributed by atoms with Crippen LogP contribution in [0, 0.1) is 0 Å². The Morgan fingerprint density at radius 2 is 2.28 bits per heavy atom. The Kier molecular flexibility index (Phi) is 3.60. The molecule has 0 fully saturated rings. The summed E-state index contributed by atoms with van der Waals surface area (Å²) in [4.78, 5) is 7.86. The van der Waals surface area contributed by atoms with Crippen LogP contribution >= 0.6 is 11.3 Å². The van der Waals surface area contributed by atoms with Gasteiger partial charge in [0.25, 0.3) is 0 Å². The molecule has 0 atom stereocenters. The SMILES string of the molecule is CN(Cc1cscn1)S(=O)(=O)c1cnccc1N. The van der Waals surface area contributed by atoms with Crippen LogP contribution in [0.25, 0.3) is 0 Å². The van der Waals surface area contributed by atoms with Crippen molar-refractivity contribution in [2.45, 2.75) is 11.4 Å². The van der Waals surface area contributed by atoms with E-state index in [9.17, 15) is 8.42 Å². The van der Waals surface area contributed by atoms with Gasteiger partial charge in [0.05, 0.1) is 23.4 Å².